The van der Waals surface area contributed by atoms with Gasteiger partial charge >= 0.3 is 5.69 Å². The molecule has 0 N–H and O–H groups in total. The smallest absolute Gasteiger partial charge is 0.296 e. The van der Waals surface area contributed by atoms with Crippen molar-refractivity contribution in [2.75, 3.05) is 13.6 Å². The van der Waals surface area contributed by atoms with Crippen LogP contribution in [0.1, 0.15) is 11.6 Å². The molecule has 1 unspecified atom stereocenters. The normalized spacial score (nSPS) is 17.4. The Labute approximate surface area is 134 Å². The molecule has 1 aliphatic rings. The fourth-order valence-corrected chi connectivity index (χ4v) is 2.34. The fourth-order valence-electron chi connectivity index (χ4n) is 2.34. The summed E-state index contributed by atoms with van der Waals surface area (Å²) in [6, 6.07) is 2.28. The van der Waals surface area contributed by atoms with Gasteiger partial charge in [0, 0.05) is 20.3 Å². The number of nitrogens with zero attached hydrogens (tertiary/aromatic N) is 6. The summed E-state index contributed by atoms with van der Waals surface area (Å²) < 4.78 is 14.7. The van der Waals surface area contributed by atoms with E-state index in [1.165, 1.54) is 24.3 Å². The second kappa shape index (κ2) is 5.80. The lowest BCUT2D eigenvalue weighted by atomic mass is 10.0. The lowest BCUT2D eigenvalue weighted by Crippen LogP contribution is -2.45. The van der Waals surface area contributed by atoms with Crippen molar-refractivity contribution in [1.82, 2.24) is 24.3 Å². The number of hydrogen-bond donors (Lipinski definition) is 0. The molecule has 0 aliphatic carbocycles. The Balaban J connectivity index is 2.22. The number of pyridine rings is 1. The standard InChI is InChI=1S/C14H13FN6O3/c1-19-7-10(22)9(6-17-19)12-13(23)21(14(24)20(2)18-12)11-4-3-8(15)5-16-11/h3-6,9H,7H2,1-2H3. The molecule has 24 heavy (non-hydrogen) atoms. The first-order chi connectivity index (χ1) is 11.4. The van der Waals surface area contributed by atoms with E-state index in [-0.39, 0.29) is 23.8 Å². The Kier molecular flexibility index (Phi) is 3.80. The number of rotatable bonds is 2. The Hall–Kier alpha value is -3.17. The molecule has 0 fully saturated rings. The molecule has 0 aromatic carbocycles. The van der Waals surface area contributed by atoms with Crippen molar-refractivity contribution in [1.29, 1.82) is 0 Å². The summed E-state index contributed by atoms with van der Waals surface area (Å²) in [5.41, 5.74) is -1.67. The summed E-state index contributed by atoms with van der Waals surface area (Å²) in [5, 5.41) is 9.34. The zero-order chi connectivity index (χ0) is 17.4. The van der Waals surface area contributed by atoms with Crippen LogP contribution in [0.5, 0.6) is 0 Å². The van der Waals surface area contributed by atoms with Crippen molar-refractivity contribution in [3.8, 4) is 5.82 Å². The highest BCUT2D eigenvalue weighted by Gasteiger charge is 2.29. The molecule has 9 nitrogen and oxygen atoms in total. The van der Waals surface area contributed by atoms with Crippen molar-refractivity contribution in [2.24, 2.45) is 12.1 Å². The maximum atomic E-state index is 13.0. The molecule has 1 atom stereocenters. The average Bonchev–Trinajstić information content (AvgIpc) is 2.53. The first-order valence-electron chi connectivity index (χ1n) is 6.98. The first-order valence-corrected chi connectivity index (χ1v) is 6.98. The van der Waals surface area contributed by atoms with Crippen molar-refractivity contribution >= 4 is 12.0 Å². The van der Waals surface area contributed by atoms with E-state index in [1.807, 2.05) is 0 Å². The molecule has 0 saturated carbocycles. The van der Waals surface area contributed by atoms with Crippen LogP contribution in [0, 0.1) is 5.82 Å². The molecular weight excluding hydrogens is 319 g/mol. The average molecular weight is 332 g/mol. The zero-order valence-electron chi connectivity index (χ0n) is 12.9. The van der Waals surface area contributed by atoms with Crippen molar-refractivity contribution in [3.63, 3.8) is 0 Å². The molecule has 0 radical (unpaired) electrons. The van der Waals surface area contributed by atoms with E-state index in [4.69, 9.17) is 0 Å². The van der Waals surface area contributed by atoms with E-state index in [2.05, 4.69) is 15.2 Å². The molecule has 10 heteroatoms. The highest BCUT2D eigenvalue weighted by molar-refractivity contribution is 6.02. The van der Waals surface area contributed by atoms with Gasteiger partial charge in [-0.15, -0.1) is 0 Å². The second-order valence-corrected chi connectivity index (χ2v) is 5.29. The van der Waals surface area contributed by atoms with Gasteiger partial charge in [0.05, 0.1) is 12.7 Å². The summed E-state index contributed by atoms with van der Waals surface area (Å²) in [6.07, 6.45) is 2.20. The van der Waals surface area contributed by atoms with E-state index in [9.17, 15) is 18.8 Å². The predicted molar refractivity (Wildman–Crippen MR) is 81.7 cm³/mol. The van der Waals surface area contributed by atoms with Crippen LogP contribution >= 0.6 is 0 Å². The monoisotopic (exact) mass is 332 g/mol. The van der Waals surface area contributed by atoms with Gasteiger partial charge in [-0.1, -0.05) is 0 Å². The Morgan fingerprint density at radius 2 is 1.96 bits per heavy atom. The molecule has 0 amide bonds. The van der Waals surface area contributed by atoms with Crippen molar-refractivity contribution in [3.05, 3.63) is 50.7 Å². The van der Waals surface area contributed by atoms with Gasteiger partial charge in [0.1, 0.15) is 23.2 Å². The van der Waals surface area contributed by atoms with E-state index in [1.54, 1.807) is 7.05 Å². The summed E-state index contributed by atoms with van der Waals surface area (Å²) in [5.74, 6) is -1.87. The Morgan fingerprint density at radius 3 is 2.58 bits per heavy atom. The summed E-state index contributed by atoms with van der Waals surface area (Å²) in [6.45, 7) is 0.0277. The summed E-state index contributed by atoms with van der Waals surface area (Å²) in [7, 11) is 2.97. The van der Waals surface area contributed by atoms with Crippen LogP contribution in [0.3, 0.4) is 0 Å². The third-order valence-corrected chi connectivity index (χ3v) is 3.53. The van der Waals surface area contributed by atoms with Gasteiger partial charge in [0.25, 0.3) is 5.56 Å². The molecule has 2 aromatic heterocycles. The summed E-state index contributed by atoms with van der Waals surface area (Å²) in [4.78, 5) is 40.8. The molecule has 124 valence electrons. The number of halogens is 1. The van der Waals surface area contributed by atoms with Crippen LogP contribution in [-0.2, 0) is 11.8 Å². The van der Waals surface area contributed by atoms with Crippen LogP contribution in [0.25, 0.3) is 5.82 Å². The number of Topliss-reactive ketones (excluding diaryl/α,β-unsaturated/α-hetero) is 1. The number of carbonyl (C=O) groups excluding carboxylic acids is 1. The quantitative estimate of drug-likeness (QED) is 0.702. The minimum atomic E-state index is -0.952. The van der Waals surface area contributed by atoms with Crippen LogP contribution in [-0.4, -0.2) is 49.9 Å². The predicted octanol–water partition coefficient (Wildman–Crippen LogP) is -0.951. The SMILES string of the molecule is CN1CC(=O)C(c2nn(C)c(=O)n(-c3ccc(F)cn3)c2=O)C=N1. The van der Waals surface area contributed by atoms with Crippen LogP contribution in [0.2, 0.25) is 0 Å². The second-order valence-electron chi connectivity index (χ2n) is 5.29. The van der Waals surface area contributed by atoms with Crippen LogP contribution in [0.15, 0.2) is 33.0 Å². The van der Waals surface area contributed by atoms with Crippen molar-refractivity contribution < 1.29 is 9.18 Å². The van der Waals surface area contributed by atoms with Gasteiger partial charge in [-0.2, -0.15) is 10.2 Å². The lowest BCUT2D eigenvalue weighted by Gasteiger charge is -2.21. The van der Waals surface area contributed by atoms with Gasteiger partial charge < -0.3 is 0 Å². The molecule has 3 heterocycles. The topological polar surface area (TPSA) is 102 Å². The number of carbonyl (C=O) groups is 1. The van der Waals surface area contributed by atoms with Gasteiger partial charge in [0.2, 0.25) is 0 Å². The van der Waals surface area contributed by atoms with E-state index in [0.717, 1.165) is 21.5 Å². The Bertz CT molecular complexity index is 946. The third kappa shape index (κ3) is 2.62. The number of hydrazone groups is 1. The minimum absolute atomic E-state index is 0.0277. The van der Waals surface area contributed by atoms with Crippen molar-refractivity contribution in [2.45, 2.75) is 5.92 Å². The number of aryl methyl sites for hydroxylation is 1. The maximum absolute atomic E-state index is 13.0. The van der Waals surface area contributed by atoms with Crippen LogP contribution in [0.4, 0.5) is 4.39 Å². The minimum Gasteiger partial charge on any atom is -0.296 e. The summed E-state index contributed by atoms with van der Waals surface area (Å²) >= 11 is 0. The maximum Gasteiger partial charge on any atom is 0.353 e. The first kappa shape index (κ1) is 15.7. The number of hydrogen-bond acceptors (Lipinski definition) is 7. The van der Waals surface area contributed by atoms with Gasteiger partial charge in [0.15, 0.2) is 5.78 Å². The molecule has 3 rings (SSSR count). The third-order valence-electron chi connectivity index (χ3n) is 3.53. The van der Waals surface area contributed by atoms with Gasteiger partial charge in [-0.05, 0) is 12.1 Å². The number of likely N-dealkylation sites (N-methyl/N-ethyl adjacent to an activating group) is 1. The molecular formula is C14H13FN6O3. The highest BCUT2D eigenvalue weighted by Crippen LogP contribution is 2.13. The Morgan fingerprint density at radius 1 is 1.21 bits per heavy atom. The van der Waals surface area contributed by atoms with Gasteiger partial charge in [-0.3, -0.25) is 14.6 Å². The van der Waals surface area contributed by atoms with Crippen LogP contribution < -0.4 is 11.2 Å². The highest BCUT2D eigenvalue weighted by atomic mass is 19.1. The van der Waals surface area contributed by atoms with E-state index in [0.29, 0.717) is 0 Å². The molecule has 0 saturated heterocycles. The van der Waals surface area contributed by atoms with E-state index < -0.39 is 23.0 Å². The van der Waals surface area contributed by atoms with E-state index >= 15 is 0 Å². The lowest BCUT2D eigenvalue weighted by molar-refractivity contribution is -0.120. The molecule has 0 bridgehead atoms. The number of aromatic nitrogens is 4. The molecule has 2 aromatic rings. The zero-order valence-corrected chi connectivity index (χ0v) is 12.9. The fraction of sp³-hybridized carbons (Fsp3) is 0.286. The van der Waals surface area contributed by atoms with Gasteiger partial charge in [-0.25, -0.2) is 23.4 Å². The number of ketones is 1. The largest absolute Gasteiger partial charge is 0.353 e. The molecule has 0 spiro atoms. The molecule has 1 aliphatic heterocycles.